The highest BCUT2D eigenvalue weighted by Gasteiger charge is 2.51. The maximum absolute atomic E-state index is 14.4. The average Bonchev–Trinajstić information content (AvgIpc) is 3.17. The summed E-state index contributed by atoms with van der Waals surface area (Å²) >= 11 is 1.54. The van der Waals surface area contributed by atoms with E-state index in [1.807, 2.05) is 17.5 Å². The molecule has 0 unspecified atom stereocenters. The van der Waals surface area contributed by atoms with Crippen LogP contribution >= 0.6 is 11.3 Å². The van der Waals surface area contributed by atoms with E-state index in [1.54, 1.807) is 12.1 Å². The predicted octanol–water partition coefficient (Wildman–Crippen LogP) is 2.98. The number of nitrogens with zero attached hydrogens (tertiary/aromatic N) is 4. The molecular weight excluding hydrogens is 384 g/mol. The first kappa shape index (κ1) is 18.4. The number of thiophene rings is 1. The number of hydrogen-bond acceptors (Lipinski definition) is 6. The van der Waals surface area contributed by atoms with Gasteiger partial charge in [0.15, 0.2) is 5.82 Å². The lowest BCUT2D eigenvalue weighted by atomic mass is 9.91. The number of nitrogens with two attached hydrogens (primary N) is 1. The lowest BCUT2D eigenvalue weighted by Crippen LogP contribution is -2.56. The normalized spacial score (nSPS) is 14.7. The zero-order valence-corrected chi connectivity index (χ0v) is 15.6. The minimum absolute atomic E-state index is 0.0226. The molecule has 0 radical (unpaired) electrons. The molecule has 3 aromatic rings. The van der Waals surface area contributed by atoms with Crippen molar-refractivity contribution in [1.29, 1.82) is 0 Å². The Balaban J connectivity index is 1.42. The van der Waals surface area contributed by atoms with E-state index < -0.39 is 17.7 Å². The van der Waals surface area contributed by atoms with Crippen LogP contribution in [0.3, 0.4) is 0 Å². The van der Waals surface area contributed by atoms with E-state index in [-0.39, 0.29) is 25.4 Å². The highest BCUT2D eigenvalue weighted by Crippen LogP contribution is 2.39. The van der Waals surface area contributed by atoms with Crippen molar-refractivity contribution in [3.8, 4) is 10.6 Å². The molecule has 1 fully saturated rings. The van der Waals surface area contributed by atoms with E-state index in [2.05, 4.69) is 15.0 Å². The standard InChI is InChI=1S/C19H17F2N5OS/c20-19(21,18-23-6-2-7-24-18)12-10-26(11-12)17(27)9-15-13(22)4-5-14(25-15)16-3-1-8-28-16/h1-8,12H,9-11,22H2. The van der Waals surface area contributed by atoms with Gasteiger partial charge in [-0.1, -0.05) is 6.07 Å². The molecule has 0 saturated carbocycles. The highest BCUT2D eigenvalue weighted by molar-refractivity contribution is 7.13. The molecule has 4 heterocycles. The SMILES string of the molecule is Nc1ccc(-c2cccs2)nc1CC(=O)N1CC(C(F)(F)c2ncccn2)C1. The van der Waals surface area contributed by atoms with Gasteiger partial charge in [0.2, 0.25) is 5.91 Å². The first-order valence-corrected chi connectivity index (χ1v) is 9.55. The van der Waals surface area contributed by atoms with Gasteiger partial charge in [0.25, 0.3) is 0 Å². The van der Waals surface area contributed by atoms with Crippen LogP contribution in [-0.4, -0.2) is 38.8 Å². The summed E-state index contributed by atoms with van der Waals surface area (Å²) in [6, 6.07) is 8.85. The highest BCUT2D eigenvalue weighted by atomic mass is 32.1. The molecule has 1 amide bonds. The molecule has 4 rings (SSSR count). The van der Waals surface area contributed by atoms with Crippen LogP contribution in [0.4, 0.5) is 14.5 Å². The number of likely N-dealkylation sites (tertiary alicyclic amines) is 1. The summed E-state index contributed by atoms with van der Waals surface area (Å²) in [4.78, 5) is 26.6. The number of pyridine rings is 1. The first-order chi connectivity index (χ1) is 13.4. The van der Waals surface area contributed by atoms with E-state index >= 15 is 0 Å². The van der Waals surface area contributed by atoms with E-state index in [1.165, 1.54) is 34.7 Å². The summed E-state index contributed by atoms with van der Waals surface area (Å²) in [6.45, 7) is -0.0940. The van der Waals surface area contributed by atoms with Crippen LogP contribution in [0.25, 0.3) is 10.6 Å². The van der Waals surface area contributed by atoms with Gasteiger partial charge in [-0.2, -0.15) is 8.78 Å². The molecule has 3 aromatic heterocycles. The topological polar surface area (TPSA) is 85.0 Å². The van der Waals surface area contributed by atoms with Crippen molar-refractivity contribution < 1.29 is 13.6 Å². The number of nitrogen functional groups attached to an aromatic ring is 1. The minimum Gasteiger partial charge on any atom is -0.397 e. The van der Waals surface area contributed by atoms with Crippen molar-refractivity contribution in [2.24, 2.45) is 5.92 Å². The quantitative estimate of drug-likeness (QED) is 0.711. The predicted molar refractivity (Wildman–Crippen MR) is 102 cm³/mol. The van der Waals surface area contributed by atoms with Gasteiger partial charge in [0, 0.05) is 25.5 Å². The summed E-state index contributed by atoms with van der Waals surface area (Å²) in [5, 5.41) is 1.94. The molecule has 0 aliphatic carbocycles. The van der Waals surface area contributed by atoms with Gasteiger partial charge in [-0.05, 0) is 29.6 Å². The number of alkyl halides is 2. The van der Waals surface area contributed by atoms with Crippen molar-refractivity contribution in [2.45, 2.75) is 12.3 Å². The fraction of sp³-hybridized carbons (Fsp3) is 0.263. The Morgan fingerprint density at radius 1 is 1.21 bits per heavy atom. The zero-order valence-electron chi connectivity index (χ0n) is 14.8. The maximum atomic E-state index is 14.4. The van der Waals surface area contributed by atoms with E-state index in [4.69, 9.17) is 5.73 Å². The number of halogens is 2. The fourth-order valence-electron chi connectivity index (χ4n) is 3.04. The second kappa shape index (κ2) is 7.23. The number of anilines is 1. The number of hydrogen-bond donors (Lipinski definition) is 1. The van der Waals surface area contributed by atoms with Crippen molar-refractivity contribution in [2.75, 3.05) is 18.8 Å². The summed E-state index contributed by atoms with van der Waals surface area (Å²) in [6.07, 6.45) is 2.55. The summed E-state index contributed by atoms with van der Waals surface area (Å²) < 4.78 is 28.9. The summed E-state index contributed by atoms with van der Waals surface area (Å²) in [5.74, 6) is -4.96. The van der Waals surface area contributed by atoms with E-state index in [0.29, 0.717) is 11.4 Å². The van der Waals surface area contributed by atoms with Crippen LogP contribution in [0.2, 0.25) is 0 Å². The van der Waals surface area contributed by atoms with Gasteiger partial charge >= 0.3 is 5.92 Å². The Kier molecular flexibility index (Phi) is 4.76. The van der Waals surface area contributed by atoms with E-state index in [0.717, 1.165) is 10.6 Å². The molecule has 0 bridgehead atoms. The van der Waals surface area contributed by atoms with Gasteiger partial charge < -0.3 is 10.6 Å². The van der Waals surface area contributed by atoms with Gasteiger partial charge in [-0.25, -0.2) is 15.0 Å². The largest absolute Gasteiger partial charge is 0.397 e. The fourth-order valence-corrected chi connectivity index (χ4v) is 3.73. The van der Waals surface area contributed by atoms with Crippen molar-refractivity contribution in [1.82, 2.24) is 19.9 Å². The molecule has 0 spiro atoms. The van der Waals surface area contributed by atoms with Crippen molar-refractivity contribution in [3.05, 3.63) is 59.6 Å². The lowest BCUT2D eigenvalue weighted by Gasteiger charge is -2.42. The van der Waals surface area contributed by atoms with Crippen molar-refractivity contribution >= 4 is 22.9 Å². The summed E-state index contributed by atoms with van der Waals surface area (Å²) in [7, 11) is 0. The second-order valence-corrected chi connectivity index (χ2v) is 7.53. The molecule has 2 N–H and O–H groups in total. The summed E-state index contributed by atoms with van der Waals surface area (Å²) in [5.41, 5.74) is 7.56. The molecule has 144 valence electrons. The van der Waals surface area contributed by atoms with Crippen LogP contribution in [0.5, 0.6) is 0 Å². The molecule has 0 aromatic carbocycles. The Hall–Kier alpha value is -2.94. The van der Waals surface area contributed by atoms with Crippen molar-refractivity contribution in [3.63, 3.8) is 0 Å². The molecule has 9 heteroatoms. The van der Waals surface area contributed by atoms with Gasteiger partial charge in [-0.15, -0.1) is 11.3 Å². The Labute approximate surface area is 164 Å². The first-order valence-electron chi connectivity index (χ1n) is 8.67. The number of rotatable bonds is 5. The number of carbonyl (C=O) groups is 1. The maximum Gasteiger partial charge on any atom is 0.312 e. The Bertz CT molecular complexity index is 975. The molecule has 6 nitrogen and oxygen atoms in total. The van der Waals surface area contributed by atoms with Crippen LogP contribution in [-0.2, 0) is 17.1 Å². The lowest BCUT2D eigenvalue weighted by molar-refractivity contribution is -0.157. The third kappa shape index (κ3) is 3.45. The number of amides is 1. The number of aromatic nitrogens is 3. The molecule has 0 atom stereocenters. The zero-order chi connectivity index (χ0) is 19.7. The van der Waals surface area contributed by atoms with Crippen LogP contribution in [0.15, 0.2) is 48.1 Å². The monoisotopic (exact) mass is 401 g/mol. The molecule has 1 aliphatic rings. The van der Waals surface area contributed by atoms with Crippen LogP contribution < -0.4 is 5.73 Å². The van der Waals surface area contributed by atoms with E-state index in [9.17, 15) is 13.6 Å². The Morgan fingerprint density at radius 2 is 1.96 bits per heavy atom. The minimum atomic E-state index is -3.17. The average molecular weight is 401 g/mol. The van der Waals surface area contributed by atoms with Gasteiger partial charge in [0.1, 0.15) is 0 Å². The third-order valence-corrected chi connectivity index (χ3v) is 5.60. The second-order valence-electron chi connectivity index (χ2n) is 6.58. The van der Waals surface area contributed by atoms with Crippen LogP contribution in [0.1, 0.15) is 11.5 Å². The number of carbonyl (C=O) groups excluding carboxylic acids is 1. The molecular formula is C19H17F2N5OS. The van der Waals surface area contributed by atoms with Gasteiger partial charge in [0.05, 0.1) is 34.3 Å². The van der Waals surface area contributed by atoms with Crippen LogP contribution in [0, 0.1) is 5.92 Å². The molecule has 28 heavy (non-hydrogen) atoms. The smallest absolute Gasteiger partial charge is 0.312 e. The van der Waals surface area contributed by atoms with Gasteiger partial charge in [-0.3, -0.25) is 4.79 Å². The third-order valence-electron chi connectivity index (χ3n) is 4.71. The molecule has 1 aliphatic heterocycles. The Morgan fingerprint density at radius 3 is 2.64 bits per heavy atom. The molecule has 1 saturated heterocycles.